The molecule has 0 heterocycles. The van der Waals surface area contributed by atoms with Gasteiger partial charge in [0.15, 0.2) is 0 Å². The molecule has 0 aliphatic rings. The van der Waals surface area contributed by atoms with E-state index in [4.69, 9.17) is 4.18 Å². The van der Waals surface area contributed by atoms with Crippen molar-refractivity contribution in [2.75, 3.05) is 0 Å². The summed E-state index contributed by atoms with van der Waals surface area (Å²) < 4.78 is 31.0. The fraction of sp³-hybridized carbons (Fsp3) is 0.727. The summed E-state index contributed by atoms with van der Waals surface area (Å²) in [7, 11) is -3.57. The van der Waals surface area contributed by atoms with Gasteiger partial charge in [-0.05, 0) is 31.9 Å². The minimum Gasteiger partial charge on any atom is -0.382 e. The lowest BCUT2D eigenvalue weighted by Gasteiger charge is -2.18. The molecule has 1 unspecified atom stereocenters. The van der Waals surface area contributed by atoms with Gasteiger partial charge in [0.1, 0.15) is 5.75 Å². The molecule has 0 amide bonds. The Bertz CT molecular complexity index is 564. The molecule has 0 bridgehead atoms. The molecule has 0 aliphatic heterocycles. The highest BCUT2D eigenvalue weighted by Gasteiger charge is 2.26. The highest BCUT2D eigenvalue weighted by Crippen LogP contribution is 2.23. The van der Waals surface area contributed by atoms with E-state index in [0.29, 0.717) is 18.6 Å². The summed E-state index contributed by atoms with van der Waals surface area (Å²) in [6.07, 6.45) is 13.0. The first-order chi connectivity index (χ1) is 12.5. The van der Waals surface area contributed by atoms with Gasteiger partial charge in [0.05, 0.1) is 5.25 Å². The van der Waals surface area contributed by atoms with Crippen molar-refractivity contribution in [2.45, 2.75) is 103 Å². The van der Waals surface area contributed by atoms with Gasteiger partial charge >= 0.3 is 10.1 Å². The van der Waals surface area contributed by atoms with Crippen LogP contribution < -0.4 is 4.18 Å². The maximum atomic E-state index is 12.8. The standard InChI is InChI=1S/C22H38O3S/c1-4-6-8-9-10-11-13-15-22(14-12-7-5-2)26(23,24)25-21-18-16-20(3)17-19-21/h16-19,22H,4-15H2,1-3H3. The lowest BCUT2D eigenvalue weighted by Crippen LogP contribution is -2.26. The largest absolute Gasteiger partial charge is 0.382 e. The maximum Gasteiger partial charge on any atom is 0.312 e. The van der Waals surface area contributed by atoms with Crippen LogP contribution in [0.15, 0.2) is 24.3 Å². The molecule has 1 aromatic carbocycles. The average Bonchev–Trinajstić information content (AvgIpc) is 2.61. The normalized spacial score (nSPS) is 12.9. The van der Waals surface area contributed by atoms with E-state index in [-0.39, 0.29) is 5.25 Å². The van der Waals surface area contributed by atoms with Crippen LogP contribution in [0.2, 0.25) is 0 Å². The smallest absolute Gasteiger partial charge is 0.312 e. The predicted molar refractivity (Wildman–Crippen MR) is 111 cm³/mol. The van der Waals surface area contributed by atoms with Gasteiger partial charge in [-0.2, -0.15) is 8.42 Å². The summed E-state index contributed by atoms with van der Waals surface area (Å²) >= 11 is 0. The fourth-order valence-corrected chi connectivity index (χ4v) is 4.61. The van der Waals surface area contributed by atoms with Gasteiger partial charge in [-0.1, -0.05) is 95.8 Å². The van der Waals surface area contributed by atoms with Crippen molar-refractivity contribution in [3.63, 3.8) is 0 Å². The third kappa shape index (κ3) is 9.61. The molecule has 0 spiro atoms. The molecule has 3 nitrogen and oxygen atoms in total. The first-order valence-electron chi connectivity index (χ1n) is 10.5. The quantitative estimate of drug-likeness (QED) is 0.248. The van der Waals surface area contributed by atoms with Crippen LogP contribution in [-0.4, -0.2) is 13.7 Å². The van der Waals surface area contributed by atoms with Gasteiger partial charge in [-0.15, -0.1) is 0 Å². The van der Waals surface area contributed by atoms with E-state index in [1.54, 1.807) is 12.1 Å². The monoisotopic (exact) mass is 382 g/mol. The molecule has 0 radical (unpaired) electrons. The first-order valence-corrected chi connectivity index (χ1v) is 12.0. The second kappa shape index (κ2) is 13.2. The molecule has 4 heteroatoms. The number of rotatable bonds is 15. The van der Waals surface area contributed by atoms with Gasteiger partial charge < -0.3 is 4.18 Å². The Morgan fingerprint density at radius 1 is 0.769 bits per heavy atom. The summed E-state index contributed by atoms with van der Waals surface area (Å²) in [6, 6.07) is 7.24. The Morgan fingerprint density at radius 3 is 1.81 bits per heavy atom. The van der Waals surface area contributed by atoms with Crippen molar-refractivity contribution in [3.8, 4) is 5.75 Å². The summed E-state index contributed by atoms with van der Waals surface area (Å²) in [6.45, 7) is 6.34. The molecule has 0 fully saturated rings. The fourth-order valence-electron chi connectivity index (χ4n) is 3.18. The Kier molecular flexibility index (Phi) is 11.7. The van der Waals surface area contributed by atoms with Crippen LogP contribution in [0, 0.1) is 6.92 Å². The topological polar surface area (TPSA) is 43.4 Å². The molecule has 1 rings (SSSR count). The number of hydrogen-bond acceptors (Lipinski definition) is 3. The van der Waals surface area contributed by atoms with Gasteiger partial charge in [0.2, 0.25) is 0 Å². The van der Waals surface area contributed by atoms with Crippen LogP contribution >= 0.6 is 0 Å². The molecule has 0 saturated heterocycles. The Balaban J connectivity index is 2.54. The first kappa shape index (κ1) is 23.0. The van der Waals surface area contributed by atoms with Gasteiger partial charge in [0.25, 0.3) is 0 Å². The van der Waals surface area contributed by atoms with E-state index in [2.05, 4.69) is 13.8 Å². The summed E-state index contributed by atoms with van der Waals surface area (Å²) in [4.78, 5) is 0. The highest BCUT2D eigenvalue weighted by atomic mass is 32.2. The minimum absolute atomic E-state index is 0.383. The molecular weight excluding hydrogens is 344 g/mol. The molecule has 0 aliphatic carbocycles. The van der Waals surface area contributed by atoms with Crippen LogP contribution in [0.25, 0.3) is 0 Å². The van der Waals surface area contributed by atoms with E-state index in [1.807, 2.05) is 19.1 Å². The third-order valence-electron chi connectivity index (χ3n) is 4.90. The van der Waals surface area contributed by atoms with Crippen molar-refractivity contribution in [1.29, 1.82) is 0 Å². The van der Waals surface area contributed by atoms with E-state index >= 15 is 0 Å². The van der Waals surface area contributed by atoms with Crippen LogP contribution in [0.3, 0.4) is 0 Å². The highest BCUT2D eigenvalue weighted by molar-refractivity contribution is 7.87. The number of unbranched alkanes of at least 4 members (excludes halogenated alkanes) is 8. The van der Waals surface area contributed by atoms with Crippen LogP contribution in [0.1, 0.15) is 96.5 Å². The van der Waals surface area contributed by atoms with Crippen molar-refractivity contribution in [2.24, 2.45) is 0 Å². The van der Waals surface area contributed by atoms with Crippen LogP contribution in [0.4, 0.5) is 0 Å². The van der Waals surface area contributed by atoms with Crippen molar-refractivity contribution in [3.05, 3.63) is 29.8 Å². The van der Waals surface area contributed by atoms with E-state index in [1.165, 1.54) is 32.1 Å². The molecule has 0 aromatic heterocycles. The van der Waals surface area contributed by atoms with E-state index < -0.39 is 10.1 Å². The molecule has 1 aromatic rings. The molecular formula is C22H38O3S. The van der Waals surface area contributed by atoms with Crippen LogP contribution in [0.5, 0.6) is 5.75 Å². The zero-order chi connectivity index (χ0) is 19.3. The second-order valence-electron chi connectivity index (χ2n) is 7.42. The predicted octanol–water partition coefficient (Wildman–Crippen LogP) is 6.79. The molecule has 1 atom stereocenters. The lowest BCUT2D eigenvalue weighted by molar-refractivity contribution is 0.448. The van der Waals surface area contributed by atoms with Gasteiger partial charge in [-0.3, -0.25) is 0 Å². The van der Waals surface area contributed by atoms with Crippen molar-refractivity contribution < 1.29 is 12.6 Å². The zero-order valence-corrected chi connectivity index (χ0v) is 17.8. The summed E-state index contributed by atoms with van der Waals surface area (Å²) in [5.41, 5.74) is 1.09. The van der Waals surface area contributed by atoms with Crippen molar-refractivity contribution in [1.82, 2.24) is 0 Å². The van der Waals surface area contributed by atoms with E-state index in [0.717, 1.165) is 37.7 Å². The van der Waals surface area contributed by atoms with Gasteiger partial charge in [-0.25, -0.2) is 0 Å². The lowest BCUT2D eigenvalue weighted by atomic mass is 10.0. The molecule has 0 saturated carbocycles. The number of benzene rings is 1. The third-order valence-corrected chi connectivity index (χ3v) is 6.61. The summed E-state index contributed by atoms with van der Waals surface area (Å²) in [5, 5.41) is -0.383. The molecule has 26 heavy (non-hydrogen) atoms. The molecule has 150 valence electrons. The molecule has 0 N–H and O–H groups in total. The summed E-state index contributed by atoms with van der Waals surface area (Å²) in [5.74, 6) is 0.427. The Hall–Kier alpha value is -1.03. The Morgan fingerprint density at radius 2 is 1.23 bits per heavy atom. The Labute approximate surface area is 161 Å². The second-order valence-corrected chi connectivity index (χ2v) is 9.24. The van der Waals surface area contributed by atoms with E-state index in [9.17, 15) is 8.42 Å². The van der Waals surface area contributed by atoms with Crippen LogP contribution in [-0.2, 0) is 10.1 Å². The maximum absolute atomic E-state index is 12.8. The SMILES string of the molecule is CCCCCCCCCC(CCCCC)S(=O)(=O)Oc1ccc(C)cc1. The minimum atomic E-state index is -3.57. The number of hydrogen-bond donors (Lipinski definition) is 0. The van der Waals surface area contributed by atoms with Crippen molar-refractivity contribution >= 4 is 10.1 Å². The number of aryl methyl sites for hydroxylation is 1. The van der Waals surface area contributed by atoms with Gasteiger partial charge in [0, 0.05) is 0 Å². The zero-order valence-electron chi connectivity index (χ0n) is 17.0. The average molecular weight is 383 g/mol.